The van der Waals surface area contributed by atoms with Crippen LogP contribution in [0.4, 0.5) is 16.2 Å². The third-order valence-electron chi connectivity index (χ3n) is 4.75. The van der Waals surface area contributed by atoms with Gasteiger partial charge in [0.1, 0.15) is 0 Å². The zero-order valence-corrected chi connectivity index (χ0v) is 17.0. The van der Waals surface area contributed by atoms with Crippen molar-refractivity contribution in [1.82, 2.24) is 9.62 Å². The van der Waals surface area contributed by atoms with Gasteiger partial charge in [-0.15, -0.1) is 0 Å². The lowest BCUT2D eigenvalue weighted by Gasteiger charge is -2.21. The summed E-state index contributed by atoms with van der Waals surface area (Å²) < 4.78 is 25.4. The summed E-state index contributed by atoms with van der Waals surface area (Å²) in [5, 5.41) is 5.73. The van der Waals surface area contributed by atoms with Crippen LogP contribution in [-0.4, -0.2) is 45.9 Å². The molecule has 2 aromatic rings. The number of sulfonamides is 1. The van der Waals surface area contributed by atoms with E-state index in [4.69, 9.17) is 0 Å². The number of urea groups is 1. The first-order valence-electron chi connectivity index (χ1n) is 9.28. The number of hydrogen-bond acceptors (Lipinski definition) is 4. The number of hydrogen-bond donors (Lipinski definition) is 2. The zero-order valence-electron chi connectivity index (χ0n) is 16.2. The highest BCUT2D eigenvalue weighted by Crippen LogP contribution is 2.28. The van der Waals surface area contributed by atoms with Crippen molar-refractivity contribution in [2.24, 2.45) is 0 Å². The van der Waals surface area contributed by atoms with Gasteiger partial charge in [0.2, 0.25) is 10.0 Å². The van der Waals surface area contributed by atoms with E-state index in [9.17, 15) is 13.2 Å². The van der Waals surface area contributed by atoms with Crippen LogP contribution in [0.2, 0.25) is 0 Å². The largest absolute Gasteiger partial charge is 0.370 e. The zero-order chi connectivity index (χ0) is 20.1. The third kappa shape index (κ3) is 4.63. The Balaban J connectivity index is 1.59. The standard InChI is InChI=1S/C20H26N4O3S/c1-23(2)28(26,27)17-11-9-16(10-12-17)15-21-20(25)22-18-7-3-4-8-19(18)24-13-5-6-14-24/h3-4,7-12H,5-6,13-15H2,1-2H3,(H2,21,22,25). The Morgan fingerprint density at radius 3 is 2.32 bits per heavy atom. The van der Waals surface area contributed by atoms with Crippen molar-refractivity contribution in [2.75, 3.05) is 37.4 Å². The second kappa shape index (κ2) is 8.62. The van der Waals surface area contributed by atoms with E-state index in [1.54, 1.807) is 24.3 Å². The van der Waals surface area contributed by atoms with Gasteiger partial charge in [-0.3, -0.25) is 0 Å². The molecule has 28 heavy (non-hydrogen) atoms. The van der Waals surface area contributed by atoms with E-state index in [1.807, 2.05) is 24.3 Å². The van der Waals surface area contributed by atoms with E-state index in [-0.39, 0.29) is 10.9 Å². The van der Waals surface area contributed by atoms with Crippen LogP contribution in [0.1, 0.15) is 18.4 Å². The molecule has 150 valence electrons. The van der Waals surface area contributed by atoms with Gasteiger partial charge in [0.25, 0.3) is 0 Å². The number of carbonyl (C=O) groups is 1. The van der Waals surface area contributed by atoms with Gasteiger partial charge < -0.3 is 15.5 Å². The van der Waals surface area contributed by atoms with Crippen LogP contribution in [-0.2, 0) is 16.6 Å². The molecule has 0 radical (unpaired) electrons. The molecule has 7 nitrogen and oxygen atoms in total. The number of nitrogens with zero attached hydrogens (tertiary/aromatic N) is 2. The smallest absolute Gasteiger partial charge is 0.319 e. The molecule has 1 heterocycles. The molecule has 0 spiro atoms. The molecule has 1 aliphatic heterocycles. The lowest BCUT2D eigenvalue weighted by molar-refractivity contribution is 0.251. The first-order chi connectivity index (χ1) is 13.4. The lowest BCUT2D eigenvalue weighted by Crippen LogP contribution is -2.29. The van der Waals surface area contributed by atoms with E-state index in [2.05, 4.69) is 15.5 Å². The molecule has 1 aliphatic rings. The van der Waals surface area contributed by atoms with Crippen LogP contribution >= 0.6 is 0 Å². The Kier molecular flexibility index (Phi) is 6.21. The summed E-state index contributed by atoms with van der Waals surface area (Å²) in [6.45, 7) is 2.31. The highest BCUT2D eigenvalue weighted by atomic mass is 32.2. The maximum atomic E-state index is 12.3. The maximum absolute atomic E-state index is 12.3. The number of carbonyl (C=O) groups excluding carboxylic acids is 1. The molecule has 0 aromatic heterocycles. The minimum atomic E-state index is -3.45. The molecule has 3 rings (SSSR count). The third-order valence-corrected chi connectivity index (χ3v) is 6.58. The number of rotatable bonds is 6. The van der Waals surface area contributed by atoms with Gasteiger partial charge in [-0.05, 0) is 42.7 Å². The molecule has 1 fully saturated rings. The van der Waals surface area contributed by atoms with E-state index < -0.39 is 10.0 Å². The summed E-state index contributed by atoms with van der Waals surface area (Å²) in [6, 6.07) is 14.0. The number of para-hydroxylation sites is 2. The van der Waals surface area contributed by atoms with Gasteiger partial charge in [0.15, 0.2) is 0 Å². The fourth-order valence-electron chi connectivity index (χ4n) is 3.15. The Hall–Kier alpha value is -2.58. The Morgan fingerprint density at radius 2 is 1.68 bits per heavy atom. The molecule has 8 heteroatoms. The van der Waals surface area contributed by atoms with E-state index in [0.717, 1.165) is 30.0 Å². The van der Waals surface area contributed by atoms with Crippen molar-refractivity contribution >= 4 is 27.4 Å². The van der Waals surface area contributed by atoms with Crippen molar-refractivity contribution in [3.8, 4) is 0 Å². The first-order valence-corrected chi connectivity index (χ1v) is 10.7. The number of nitrogens with one attached hydrogen (secondary N) is 2. The van der Waals surface area contributed by atoms with Gasteiger partial charge in [0.05, 0.1) is 16.3 Å². The fraction of sp³-hybridized carbons (Fsp3) is 0.350. The number of benzene rings is 2. The molecule has 0 saturated carbocycles. The summed E-state index contributed by atoms with van der Waals surface area (Å²) in [5.41, 5.74) is 2.64. The van der Waals surface area contributed by atoms with Gasteiger partial charge in [-0.2, -0.15) is 0 Å². The normalized spacial score (nSPS) is 14.3. The predicted octanol–water partition coefficient (Wildman–Crippen LogP) is 2.86. The molecule has 0 aliphatic carbocycles. The summed E-state index contributed by atoms with van der Waals surface area (Å²) in [6.07, 6.45) is 2.33. The summed E-state index contributed by atoms with van der Waals surface area (Å²) in [7, 11) is -0.459. The predicted molar refractivity (Wildman–Crippen MR) is 111 cm³/mol. The van der Waals surface area contributed by atoms with Crippen molar-refractivity contribution in [1.29, 1.82) is 0 Å². The highest BCUT2D eigenvalue weighted by Gasteiger charge is 2.17. The van der Waals surface area contributed by atoms with Crippen LogP contribution in [0.3, 0.4) is 0 Å². The molecule has 1 saturated heterocycles. The molecule has 2 aromatic carbocycles. The topological polar surface area (TPSA) is 81.8 Å². The lowest BCUT2D eigenvalue weighted by atomic mass is 10.2. The quantitative estimate of drug-likeness (QED) is 0.778. The minimum absolute atomic E-state index is 0.227. The highest BCUT2D eigenvalue weighted by molar-refractivity contribution is 7.89. The first kappa shape index (κ1) is 20.2. The Bertz CT molecular complexity index is 921. The van der Waals surface area contributed by atoms with E-state index in [1.165, 1.54) is 31.2 Å². The molecule has 0 bridgehead atoms. The Morgan fingerprint density at radius 1 is 1.04 bits per heavy atom. The number of anilines is 2. The summed E-state index contributed by atoms with van der Waals surface area (Å²) in [4.78, 5) is 14.8. The molecule has 0 unspecified atom stereocenters. The van der Waals surface area contributed by atoms with E-state index in [0.29, 0.717) is 6.54 Å². The Labute approximate surface area is 166 Å². The van der Waals surface area contributed by atoms with Gasteiger partial charge >= 0.3 is 6.03 Å². The fourth-order valence-corrected chi connectivity index (χ4v) is 4.05. The molecule has 2 amide bonds. The summed E-state index contributed by atoms with van der Waals surface area (Å²) >= 11 is 0. The van der Waals surface area contributed by atoms with Crippen LogP contribution in [0.5, 0.6) is 0 Å². The monoisotopic (exact) mass is 402 g/mol. The SMILES string of the molecule is CN(C)S(=O)(=O)c1ccc(CNC(=O)Nc2ccccc2N2CCCC2)cc1. The van der Waals surface area contributed by atoms with Gasteiger partial charge in [0, 0.05) is 33.7 Å². The van der Waals surface area contributed by atoms with Gasteiger partial charge in [-0.1, -0.05) is 24.3 Å². The van der Waals surface area contributed by atoms with Crippen LogP contribution in [0.15, 0.2) is 53.4 Å². The van der Waals surface area contributed by atoms with Crippen LogP contribution in [0, 0.1) is 0 Å². The van der Waals surface area contributed by atoms with Crippen molar-refractivity contribution in [3.63, 3.8) is 0 Å². The van der Waals surface area contributed by atoms with Crippen molar-refractivity contribution in [3.05, 3.63) is 54.1 Å². The molecule has 0 atom stereocenters. The summed E-state index contributed by atoms with van der Waals surface area (Å²) in [5.74, 6) is 0. The van der Waals surface area contributed by atoms with Crippen molar-refractivity contribution in [2.45, 2.75) is 24.3 Å². The second-order valence-corrected chi connectivity index (χ2v) is 9.10. The van der Waals surface area contributed by atoms with Gasteiger partial charge in [-0.25, -0.2) is 17.5 Å². The van der Waals surface area contributed by atoms with Crippen molar-refractivity contribution < 1.29 is 13.2 Å². The maximum Gasteiger partial charge on any atom is 0.319 e. The van der Waals surface area contributed by atoms with Crippen LogP contribution < -0.4 is 15.5 Å². The minimum Gasteiger partial charge on any atom is -0.370 e. The average Bonchev–Trinajstić information content (AvgIpc) is 3.21. The molecule has 2 N–H and O–H groups in total. The van der Waals surface area contributed by atoms with Crippen LogP contribution in [0.25, 0.3) is 0 Å². The average molecular weight is 403 g/mol. The number of amides is 2. The second-order valence-electron chi connectivity index (χ2n) is 6.95. The van der Waals surface area contributed by atoms with E-state index >= 15 is 0 Å². The molecular formula is C20H26N4O3S. The molecular weight excluding hydrogens is 376 g/mol.